The molecule has 2 atom stereocenters. The van der Waals surface area contributed by atoms with Crippen LogP contribution in [0.25, 0.3) is 0 Å². The van der Waals surface area contributed by atoms with Crippen LogP contribution in [-0.4, -0.2) is 16.0 Å². The Labute approximate surface area is 109 Å². The predicted octanol–water partition coefficient (Wildman–Crippen LogP) is 3.53. The molecule has 0 N–H and O–H groups in total. The first-order valence-corrected chi connectivity index (χ1v) is 7.05. The number of halogens is 2. The average molecular weight is 334 g/mol. The van der Waals surface area contributed by atoms with E-state index in [-0.39, 0.29) is 0 Å². The summed E-state index contributed by atoms with van der Waals surface area (Å²) in [4.78, 5) is 0. The lowest BCUT2D eigenvalue weighted by Crippen LogP contribution is -2.09. The Bertz CT molecular complexity index is 403. The summed E-state index contributed by atoms with van der Waals surface area (Å²) >= 11 is 2.26. The molecule has 2 aliphatic rings. The molecule has 88 valence electrons. The molecule has 2 saturated carbocycles. The summed E-state index contributed by atoms with van der Waals surface area (Å²) in [7, 11) is 0. The van der Waals surface area contributed by atoms with E-state index in [0.717, 1.165) is 16.5 Å². The van der Waals surface area contributed by atoms with E-state index < -0.39 is 6.17 Å². The minimum atomic E-state index is -0.541. The maximum Gasteiger partial charge on any atom is 0.123 e. The van der Waals surface area contributed by atoms with Gasteiger partial charge in [0, 0.05) is 17.7 Å². The van der Waals surface area contributed by atoms with Gasteiger partial charge < -0.3 is 0 Å². The van der Waals surface area contributed by atoms with Crippen molar-refractivity contribution >= 4 is 22.6 Å². The van der Waals surface area contributed by atoms with E-state index in [1.54, 1.807) is 0 Å². The zero-order valence-corrected chi connectivity index (χ0v) is 11.7. The lowest BCUT2D eigenvalue weighted by Gasteiger charge is -2.12. The second-order valence-corrected chi connectivity index (χ2v) is 6.46. The Morgan fingerprint density at radius 1 is 1.44 bits per heavy atom. The maximum atomic E-state index is 13.1. The van der Waals surface area contributed by atoms with Crippen LogP contribution in [0.4, 0.5) is 4.39 Å². The largest absolute Gasteiger partial charge is 0.266 e. The van der Waals surface area contributed by atoms with Gasteiger partial charge in [0.2, 0.25) is 0 Å². The van der Waals surface area contributed by atoms with Gasteiger partial charge >= 0.3 is 0 Å². The average Bonchev–Trinajstić information content (AvgIpc) is 2.60. The van der Waals surface area contributed by atoms with E-state index in [0.29, 0.717) is 23.8 Å². The normalized spacial score (nSPS) is 36.8. The number of nitrogens with zero attached hydrogens (tertiary/aromatic N) is 2. The number of hydrogen-bond acceptors (Lipinski definition) is 1. The molecule has 2 nitrogen and oxygen atoms in total. The second kappa shape index (κ2) is 3.68. The van der Waals surface area contributed by atoms with Gasteiger partial charge in [-0.05, 0) is 67.2 Å². The third kappa shape index (κ3) is 1.60. The fourth-order valence-electron chi connectivity index (χ4n) is 3.25. The van der Waals surface area contributed by atoms with Gasteiger partial charge in [-0.25, -0.2) is 4.39 Å². The summed E-state index contributed by atoms with van der Waals surface area (Å²) in [6, 6.07) is 2.58. The van der Waals surface area contributed by atoms with E-state index in [2.05, 4.69) is 52.3 Å². The van der Waals surface area contributed by atoms with Crippen LogP contribution < -0.4 is 0 Å². The van der Waals surface area contributed by atoms with Crippen molar-refractivity contribution in [2.24, 2.45) is 11.8 Å². The summed E-state index contributed by atoms with van der Waals surface area (Å²) in [6.07, 6.45) is 1.01. The molecule has 0 saturated heterocycles. The first-order chi connectivity index (χ1) is 7.58. The van der Waals surface area contributed by atoms with Crippen molar-refractivity contribution in [1.82, 2.24) is 9.78 Å². The molecular formula is C12H16FIN2. The summed E-state index contributed by atoms with van der Waals surface area (Å²) in [6.45, 7) is 4.31. The number of aromatic nitrogens is 2. The molecule has 0 amide bonds. The number of alkyl halides is 1. The Balaban J connectivity index is 1.86. The fourth-order valence-corrected chi connectivity index (χ4v) is 3.81. The highest BCUT2D eigenvalue weighted by Gasteiger charge is 2.58. The molecule has 2 aliphatic carbocycles. The summed E-state index contributed by atoms with van der Waals surface area (Å²) < 4.78 is 16.3. The first kappa shape index (κ1) is 11.0. The molecule has 0 spiro atoms. The molecule has 4 heteroatoms. The van der Waals surface area contributed by atoms with E-state index >= 15 is 0 Å². The number of fused-ring (bicyclic) bond motifs is 1. The molecule has 0 radical (unpaired) electrons. The Kier molecular flexibility index (Phi) is 2.53. The minimum absolute atomic E-state index is 0.404. The molecule has 16 heavy (non-hydrogen) atoms. The van der Waals surface area contributed by atoms with Crippen LogP contribution in [0.15, 0.2) is 6.07 Å². The third-order valence-electron chi connectivity index (χ3n) is 3.95. The van der Waals surface area contributed by atoms with Gasteiger partial charge in [0.1, 0.15) is 9.87 Å². The van der Waals surface area contributed by atoms with Crippen molar-refractivity contribution in [1.29, 1.82) is 0 Å². The second-order valence-electron chi connectivity index (χ2n) is 5.35. The van der Waals surface area contributed by atoms with E-state index in [1.807, 2.05) is 0 Å². The van der Waals surface area contributed by atoms with Crippen LogP contribution in [0.3, 0.4) is 0 Å². The first-order valence-electron chi connectivity index (χ1n) is 5.97. The van der Waals surface area contributed by atoms with Gasteiger partial charge in [-0.3, -0.25) is 4.68 Å². The number of hydrogen-bond donors (Lipinski definition) is 0. The zero-order chi connectivity index (χ0) is 11.4. The minimum Gasteiger partial charge on any atom is -0.266 e. The van der Waals surface area contributed by atoms with Crippen molar-refractivity contribution in [3.05, 3.63) is 15.5 Å². The smallest absolute Gasteiger partial charge is 0.123 e. The van der Waals surface area contributed by atoms with Crippen LogP contribution in [0.2, 0.25) is 0 Å². The Morgan fingerprint density at radius 2 is 2.06 bits per heavy atom. The van der Waals surface area contributed by atoms with Crippen LogP contribution in [0, 0.1) is 15.5 Å². The van der Waals surface area contributed by atoms with Crippen molar-refractivity contribution in [2.75, 3.05) is 0 Å². The monoisotopic (exact) mass is 334 g/mol. The predicted molar refractivity (Wildman–Crippen MR) is 69.2 cm³/mol. The Hall–Kier alpha value is -0.130. The van der Waals surface area contributed by atoms with Crippen molar-refractivity contribution in [2.45, 2.75) is 44.8 Å². The van der Waals surface area contributed by atoms with Crippen LogP contribution in [0.1, 0.15) is 44.3 Å². The van der Waals surface area contributed by atoms with Gasteiger partial charge in [-0.15, -0.1) is 0 Å². The van der Waals surface area contributed by atoms with E-state index in [4.69, 9.17) is 0 Å². The molecule has 2 unspecified atom stereocenters. The lowest BCUT2D eigenvalue weighted by atomic mass is 10.1. The van der Waals surface area contributed by atoms with Crippen LogP contribution >= 0.6 is 22.6 Å². The standard InChI is InChI=1S/C12H16FIN2/c1-6(2)16-10(5-11(14)15-16)12-8-3-7(13)4-9(8)12/h5-9,12H,3-4H2,1-2H3. The third-order valence-corrected chi connectivity index (χ3v) is 4.48. The molecule has 1 heterocycles. The highest BCUT2D eigenvalue weighted by Crippen LogP contribution is 2.63. The lowest BCUT2D eigenvalue weighted by molar-refractivity contribution is 0.308. The SMILES string of the molecule is CC(C)n1nc(I)cc1C1C2CC(F)CC21. The summed E-state index contributed by atoms with van der Waals surface area (Å²) in [5, 5.41) is 4.53. The molecule has 1 aromatic heterocycles. The van der Waals surface area contributed by atoms with Gasteiger partial charge in [-0.1, -0.05) is 0 Å². The van der Waals surface area contributed by atoms with Crippen LogP contribution in [0.5, 0.6) is 0 Å². The van der Waals surface area contributed by atoms with Crippen molar-refractivity contribution < 1.29 is 4.39 Å². The highest BCUT2D eigenvalue weighted by molar-refractivity contribution is 14.1. The number of rotatable bonds is 2. The van der Waals surface area contributed by atoms with Gasteiger partial charge in [-0.2, -0.15) is 5.10 Å². The summed E-state index contributed by atoms with van der Waals surface area (Å²) in [5.41, 5.74) is 1.33. The summed E-state index contributed by atoms with van der Waals surface area (Å²) in [5.74, 6) is 1.78. The van der Waals surface area contributed by atoms with Crippen molar-refractivity contribution in [3.8, 4) is 0 Å². The fraction of sp³-hybridized carbons (Fsp3) is 0.750. The molecule has 0 aromatic carbocycles. The highest BCUT2D eigenvalue weighted by atomic mass is 127. The molecular weight excluding hydrogens is 318 g/mol. The molecule has 0 aliphatic heterocycles. The van der Waals surface area contributed by atoms with Gasteiger partial charge in [0.25, 0.3) is 0 Å². The van der Waals surface area contributed by atoms with Crippen molar-refractivity contribution in [3.63, 3.8) is 0 Å². The van der Waals surface area contributed by atoms with E-state index in [1.165, 1.54) is 5.69 Å². The van der Waals surface area contributed by atoms with E-state index in [9.17, 15) is 4.39 Å². The topological polar surface area (TPSA) is 17.8 Å². The molecule has 3 rings (SSSR count). The van der Waals surface area contributed by atoms with Gasteiger partial charge in [0.15, 0.2) is 0 Å². The maximum absolute atomic E-state index is 13.1. The molecule has 0 bridgehead atoms. The quantitative estimate of drug-likeness (QED) is 0.757. The Morgan fingerprint density at radius 3 is 2.62 bits per heavy atom. The van der Waals surface area contributed by atoms with Gasteiger partial charge in [0.05, 0.1) is 0 Å². The molecule has 1 aromatic rings. The molecule has 2 fully saturated rings. The van der Waals surface area contributed by atoms with Crippen LogP contribution in [-0.2, 0) is 0 Å². The zero-order valence-electron chi connectivity index (χ0n) is 9.53.